The van der Waals surface area contributed by atoms with Crippen molar-refractivity contribution in [3.05, 3.63) is 11.9 Å². The molecule has 2 atom stereocenters. The highest BCUT2D eigenvalue weighted by molar-refractivity contribution is 5.04. The molecular formula is C16H29N5O2. The van der Waals surface area contributed by atoms with Crippen LogP contribution >= 0.6 is 0 Å². The van der Waals surface area contributed by atoms with Crippen LogP contribution in [0.1, 0.15) is 51.3 Å². The Bertz CT molecular complexity index is 498. The Labute approximate surface area is 137 Å². The van der Waals surface area contributed by atoms with Crippen LogP contribution in [0, 0.1) is 11.3 Å². The first-order valence-electron chi connectivity index (χ1n) is 8.70. The number of aliphatic hydroxyl groups is 1. The van der Waals surface area contributed by atoms with E-state index in [2.05, 4.69) is 35.0 Å². The molecule has 23 heavy (non-hydrogen) atoms. The number of aromatic nitrogens is 3. The van der Waals surface area contributed by atoms with E-state index in [4.69, 9.17) is 4.74 Å². The van der Waals surface area contributed by atoms with Crippen molar-refractivity contribution in [2.45, 2.75) is 58.2 Å². The lowest BCUT2D eigenvalue weighted by Gasteiger charge is -2.35. The highest BCUT2D eigenvalue weighted by atomic mass is 16.5. The monoisotopic (exact) mass is 323 g/mol. The molecule has 2 unspecified atom stereocenters. The third-order valence-corrected chi connectivity index (χ3v) is 5.04. The fourth-order valence-electron chi connectivity index (χ4n) is 3.60. The Kier molecular flexibility index (Phi) is 5.31. The van der Waals surface area contributed by atoms with Gasteiger partial charge in [-0.05, 0) is 31.6 Å². The van der Waals surface area contributed by atoms with Gasteiger partial charge in [0.05, 0.1) is 25.4 Å². The summed E-state index contributed by atoms with van der Waals surface area (Å²) in [6, 6.07) is 0.705. The van der Waals surface area contributed by atoms with Crippen LogP contribution in [-0.4, -0.2) is 46.0 Å². The summed E-state index contributed by atoms with van der Waals surface area (Å²) in [6.45, 7) is 6.79. The Hall–Kier alpha value is -1.02. The second-order valence-electron chi connectivity index (χ2n) is 7.51. The second kappa shape index (κ2) is 7.25. The molecule has 7 nitrogen and oxygen atoms in total. The molecule has 1 aromatic heterocycles. The molecule has 0 amide bonds. The fraction of sp³-hybridized carbons (Fsp3) is 0.875. The predicted molar refractivity (Wildman–Crippen MR) is 86.5 cm³/mol. The maximum Gasteiger partial charge on any atom is 0.101 e. The molecule has 0 aliphatic carbocycles. The second-order valence-corrected chi connectivity index (χ2v) is 7.51. The van der Waals surface area contributed by atoms with E-state index in [-0.39, 0.29) is 18.1 Å². The maximum atomic E-state index is 9.80. The quantitative estimate of drug-likeness (QED) is 0.725. The summed E-state index contributed by atoms with van der Waals surface area (Å²) < 4.78 is 7.30. The molecule has 0 spiro atoms. The molecule has 0 saturated carbocycles. The highest BCUT2D eigenvalue weighted by Gasteiger charge is 2.33. The zero-order chi connectivity index (χ0) is 16.3. The van der Waals surface area contributed by atoms with Crippen LogP contribution in [0.4, 0.5) is 0 Å². The van der Waals surface area contributed by atoms with Crippen LogP contribution in [0.5, 0.6) is 0 Å². The number of hydrogen-bond acceptors (Lipinski definition) is 6. The van der Waals surface area contributed by atoms with Gasteiger partial charge >= 0.3 is 0 Å². The van der Waals surface area contributed by atoms with Gasteiger partial charge in [0.2, 0.25) is 0 Å². The number of nitrogens with zero attached hydrogens (tertiary/aromatic N) is 3. The van der Waals surface area contributed by atoms with Crippen LogP contribution in [0.3, 0.4) is 0 Å². The molecule has 7 heteroatoms. The Balaban J connectivity index is 1.60. The van der Waals surface area contributed by atoms with Crippen molar-refractivity contribution in [2.75, 3.05) is 19.8 Å². The smallest absolute Gasteiger partial charge is 0.101 e. The van der Waals surface area contributed by atoms with E-state index in [9.17, 15) is 5.11 Å². The van der Waals surface area contributed by atoms with Gasteiger partial charge in [-0.2, -0.15) is 0 Å². The van der Waals surface area contributed by atoms with E-state index < -0.39 is 0 Å². The lowest BCUT2D eigenvalue weighted by atomic mass is 9.81. The number of nitrogens with one attached hydrogen (secondary N) is 2. The molecule has 0 bridgehead atoms. The van der Waals surface area contributed by atoms with Crippen molar-refractivity contribution < 1.29 is 9.84 Å². The molecule has 130 valence electrons. The van der Waals surface area contributed by atoms with E-state index in [1.54, 1.807) is 0 Å². The zero-order valence-corrected chi connectivity index (χ0v) is 14.2. The van der Waals surface area contributed by atoms with Gasteiger partial charge in [-0.3, -0.25) is 10.1 Å². The summed E-state index contributed by atoms with van der Waals surface area (Å²) in [5.41, 5.74) is 7.55. The Morgan fingerprint density at radius 1 is 1.39 bits per heavy atom. The van der Waals surface area contributed by atoms with Gasteiger partial charge in [0.15, 0.2) is 0 Å². The van der Waals surface area contributed by atoms with Gasteiger partial charge in [0, 0.05) is 24.7 Å². The highest BCUT2D eigenvalue weighted by Crippen LogP contribution is 2.32. The summed E-state index contributed by atoms with van der Waals surface area (Å²) in [4.78, 5) is 0. The first kappa shape index (κ1) is 16.8. The fourth-order valence-corrected chi connectivity index (χ4v) is 3.60. The molecule has 3 N–H and O–H groups in total. The molecule has 2 saturated heterocycles. The van der Waals surface area contributed by atoms with Crippen LogP contribution < -0.4 is 10.9 Å². The van der Waals surface area contributed by atoms with Crippen molar-refractivity contribution in [3.63, 3.8) is 0 Å². The summed E-state index contributed by atoms with van der Waals surface area (Å²) in [7, 11) is 0. The third kappa shape index (κ3) is 4.09. The lowest BCUT2D eigenvalue weighted by molar-refractivity contribution is -0.0272. The van der Waals surface area contributed by atoms with Gasteiger partial charge in [-0.1, -0.05) is 19.1 Å². The van der Waals surface area contributed by atoms with Crippen molar-refractivity contribution in [3.8, 4) is 0 Å². The zero-order valence-electron chi connectivity index (χ0n) is 14.2. The summed E-state index contributed by atoms with van der Waals surface area (Å²) >= 11 is 0. The standard InChI is InChI=1S/C16H29N5O2/c1-12(2)7-13-8-14(18-17-13)15-9-21(20-19-15)10-16(11-22)3-5-23-6-4-16/h9,12-14,17-18,22H,3-8,10-11H2,1-2H3. The SMILES string of the molecule is CC(C)CC1CC(c2cn(CC3(CO)CCOCC3)nn2)NN1. The van der Waals surface area contributed by atoms with Crippen molar-refractivity contribution >= 4 is 0 Å². The predicted octanol–water partition coefficient (Wildman–Crippen LogP) is 1.02. The van der Waals surface area contributed by atoms with Gasteiger partial charge in [0.1, 0.15) is 5.69 Å². The summed E-state index contributed by atoms with van der Waals surface area (Å²) in [6.07, 6.45) is 5.96. The molecule has 2 aliphatic heterocycles. The molecule has 0 aromatic carbocycles. The summed E-state index contributed by atoms with van der Waals surface area (Å²) in [5.74, 6) is 0.682. The van der Waals surface area contributed by atoms with Crippen LogP contribution in [-0.2, 0) is 11.3 Å². The van der Waals surface area contributed by atoms with Gasteiger partial charge in [-0.25, -0.2) is 5.43 Å². The number of hydrogen-bond donors (Lipinski definition) is 3. The first-order valence-corrected chi connectivity index (χ1v) is 8.70. The molecular weight excluding hydrogens is 294 g/mol. The number of rotatable bonds is 6. The van der Waals surface area contributed by atoms with E-state index in [0.717, 1.165) is 31.4 Å². The minimum Gasteiger partial charge on any atom is -0.396 e. The van der Waals surface area contributed by atoms with Crippen LogP contribution in [0.2, 0.25) is 0 Å². The largest absolute Gasteiger partial charge is 0.396 e. The molecule has 3 heterocycles. The topological polar surface area (TPSA) is 84.2 Å². The van der Waals surface area contributed by atoms with Gasteiger partial charge in [0.25, 0.3) is 0 Å². The number of aliphatic hydroxyl groups excluding tert-OH is 1. The average Bonchev–Trinajstić information content (AvgIpc) is 3.17. The molecule has 3 rings (SSSR count). The van der Waals surface area contributed by atoms with E-state index in [0.29, 0.717) is 31.7 Å². The Morgan fingerprint density at radius 2 is 2.17 bits per heavy atom. The maximum absolute atomic E-state index is 9.80. The molecule has 2 fully saturated rings. The van der Waals surface area contributed by atoms with E-state index >= 15 is 0 Å². The van der Waals surface area contributed by atoms with Gasteiger partial charge < -0.3 is 9.84 Å². The first-order chi connectivity index (χ1) is 11.1. The number of hydrazine groups is 1. The third-order valence-electron chi connectivity index (χ3n) is 5.04. The van der Waals surface area contributed by atoms with E-state index in [1.165, 1.54) is 0 Å². The van der Waals surface area contributed by atoms with E-state index in [1.807, 2.05) is 10.9 Å². The summed E-state index contributed by atoms with van der Waals surface area (Å²) in [5, 5.41) is 18.4. The minimum atomic E-state index is -0.120. The Morgan fingerprint density at radius 3 is 2.87 bits per heavy atom. The van der Waals surface area contributed by atoms with Crippen molar-refractivity contribution in [1.29, 1.82) is 0 Å². The molecule has 2 aliphatic rings. The molecule has 1 aromatic rings. The van der Waals surface area contributed by atoms with Crippen molar-refractivity contribution in [2.24, 2.45) is 11.3 Å². The average molecular weight is 323 g/mol. The van der Waals surface area contributed by atoms with Crippen LogP contribution in [0.25, 0.3) is 0 Å². The lowest BCUT2D eigenvalue weighted by Crippen LogP contribution is -2.37. The minimum absolute atomic E-state index is 0.120. The van der Waals surface area contributed by atoms with Crippen molar-refractivity contribution in [1.82, 2.24) is 25.8 Å². The normalized spacial score (nSPS) is 27.7. The van der Waals surface area contributed by atoms with Gasteiger partial charge in [-0.15, -0.1) is 5.10 Å². The molecule has 0 radical (unpaired) electrons. The number of ether oxygens (including phenoxy) is 1. The van der Waals surface area contributed by atoms with Crippen LogP contribution in [0.15, 0.2) is 6.20 Å².